The van der Waals surface area contributed by atoms with E-state index in [2.05, 4.69) is 6.92 Å². The molecule has 4 N–H and O–H groups in total. The van der Waals surface area contributed by atoms with Crippen LogP contribution in [-0.4, -0.2) is 26.4 Å². The van der Waals surface area contributed by atoms with Crippen LogP contribution in [0.5, 0.6) is 17.2 Å². The lowest BCUT2D eigenvalue weighted by atomic mass is 10.00. The first-order valence-electron chi connectivity index (χ1n) is 12.0. The van der Waals surface area contributed by atoms with Crippen molar-refractivity contribution in [1.82, 2.24) is 0 Å². The van der Waals surface area contributed by atoms with E-state index < -0.39 is 23.2 Å². The summed E-state index contributed by atoms with van der Waals surface area (Å²) in [6.45, 7) is 2.26. The summed E-state index contributed by atoms with van der Waals surface area (Å²) in [6, 6.07) is 1.25. The first kappa shape index (κ1) is 26.1. The number of rotatable bonds is 18. The second-order valence-electron chi connectivity index (χ2n) is 8.49. The van der Waals surface area contributed by atoms with Gasteiger partial charge in [0.1, 0.15) is 5.56 Å². The molecule has 0 fully saturated rings. The van der Waals surface area contributed by atoms with E-state index in [4.69, 9.17) is 5.11 Å². The molecule has 0 heterocycles. The van der Waals surface area contributed by atoms with Crippen LogP contribution < -0.4 is 0 Å². The molecule has 1 aromatic carbocycles. The van der Waals surface area contributed by atoms with Crippen LogP contribution in [0.15, 0.2) is 6.07 Å². The van der Waals surface area contributed by atoms with Crippen molar-refractivity contribution in [2.24, 2.45) is 0 Å². The van der Waals surface area contributed by atoms with E-state index in [9.17, 15) is 20.1 Å². The Kier molecular flexibility index (Phi) is 13.8. The summed E-state index contributed by atoms with van der Waals surface area (Å²) in [7, 11) is 0. The van der Waals surface area contributed by atoms with Gasteiger partial charge in [-0.25, -0.2) is 4.79 Å². The molecule has 5 heteroatoms. The quantitative estimate of drug-likeness (QED) is 0.147. The number of aromatic carboxylic acids is 1. The Hall–Kier alpha value is -1.91. The van der Waals surface area contributed by atoms with Crippen molar-refractivity contribution in [3.05, 3.63) is 17.2 Å². The van der Waals surface area contributed by atoms with Gasteiger partial charge in [-0.2, -0.15) is 0 Å². The number of hydrogen-bond donors (Lipinski definition) is 4. The van der Waals surface area contributed by atoms with E-state index in [1.807, 2.05) is 0 Å². The molecule has 0 saturated carbocycles. The number of carboxylic acid groups (broad SMARTS) is 1. The molecule has 0 atom stereocenters. The number of carboxylic acids is 1. The highest BCUT2D eigenvalue weighted by Gasteiger charge is 2.20. The molecule has 5 nitrogen and oxygen atoms in total. The van der Waals surface area contributed by atoms with Crippen molar-refractivity contribution in [2.75, 3.05) is 0 Å². The largest absolute Gasteiger partial charge is 0.504 e. The second kappa shape index (κ2) is 15.9. The summed E-state index contributed by atoms with van der Waals surface area (Å²) < 4.78 is 0. The first-order valence-corrected chi connectivity index (χ1v) is 12.0. The molecule has 0 spiro atoms. The number of carbonyl (C=O) groups is 1. The SMILES string of the molecule is CCCCCCCCCCCCCCCCCCc1cc(C(=O)O)c(O)c(O)c1O. The molecule has 0 aliphatic rings. The molecular formula is C25H42O5. The van der Waals surface area contributed by atoms with Gasteiger partial charge in [0.25, 0.3) is 0 Å². The third-order valence-electron chi connectivity index (χ3n) is 5.86. The van der Waals surface area contributed by atoms with Gasteiger partial charge >= 0.3 is 5.97 Å². The van der Waals surface area contributed by atoms with Crippen LogP contribution in [0.3, 0.4) is 0 Å². The lowest BCUT2D eigenvalue weighted by molar-refractivity contribution is 0.0692. The fourth-order valence-electron chi connectivity index (χ4n) is 3.92. The molecule has 0 aromatic heterocycles. The maximum atomic E-state index is 11.1. The number of aryl methyl sites for hydroxylation is 1. The van der Waals surface area contributed by atoms with Crippen molar-refractivity contribution in [1.29, 1.82) is 0 Å². The van der Waals surface area contributed by atoms with E-state index in [1.54, 1.807) is 0 Å². The normalized spacial score (nSPS) is 11.1. The Bertz CT molecular complexity index is 612. The highest BCUT2D eigenvalue weighted by molar-refractivity contribution is 5.92. The molecule has 0 aliphatic carbocycles. The minimum atomic E-state index is -1.32. The van der Waals surface area contributed by atoms with Crippen molar-refractivity contribution in [3.8, 4) is 17.2 Å². The number of unbranched alkanes of at least 4 members (excludes halogenated alkanes) is 15. The van der Waals surface area contributed by atoms with Crippen LogP contribution in [0.25, 0.3) is 0 Å². The van der Waals surface area contributed by atoms with Gasteiger partial charge in [0.2, 0.25) is 5.75 Å². The molecule has 1 rings (SSSR count). The predicted molar refractivity (Wildman–Crippen MR) is 122 cm³/mol. The smallest absolute Gasteiger partial charge is 0.339 e. The van der Waals surface area contributed by atoms with Crippen molar-refractivity contribution >= 4 is 5.97 Å². The highest BCUT2D eigenvalue weighted by atomic mass is 16.4. The van der Waals surface area contributed by atoms with Crippen LogP contribution in [0.1, 0.15) is 126 Å². The van der Waals surface area contributed by atoms with E-state index >= 15 is 0 Å². The summed E-state index contributed by atoms with van der Waals surface area (Å²) in [5, 5.41) is 38.3. The van der Waals surface area contributed by atoms with Gasteiger partial charge in [-0.3, -0.25) is 0 Å². The van der Waals surface area contributed by atoms with Crippen LogP contribution in [-0.2, 0) is 6.42 Å². The maximum absolute atomic E-state index is 11.1. The van der Waals surface area contributed by atoms with Gasteiger partial charge in [-0.05, 0) is 24.5 Å². The van der Waals surface area contributed by atoms with E-state index in [1.165, 1.54) is 89.5 Å². The summed E-state index contributed by atoms with van der Waals surface area (Å²) in [6.07, 6.45) is 20.9. The molecule has 0 radical (unpaired) electrons. The van der Waals surface area contributed by atoms with E-state index in [-0.39, 0.29) is 5.56 Å². The third kappa shape index (κ3) is 10.2. The lowest BCUT2D eigenvalue weighted by Crippen LogP contribution is -1.99. The molecule has 0 unspecified atom stereocenters. The molecule has 30 heavy (non-hydrogen) atoms. The van der Waals surface area contributed by atoms with Crippen molar-refractivity contribution in [3.63, 3.8) is 0 Å². The Morgan fingerprint density at radius 1 is 0.633 bits per heavy atom. The first-order chi connectivity index (χ1) is 14.5. The predicted octanol–water partition coefficient (Wildman–Crippen LogP) is 7.31. The summed E-state index contributed by atoms with van der Waals surface area (Å²) >= 11 is 0. The van der Waals surface area contributed by atoms with Gasteiger partial charge in [-0.15, -0.1) is 0 Å². The fourth-order valence-corrected chi connectivity index (χ4v) is 3.92. The monoisotopic (exact) mass is 422 g/mol. The van der Waals surface area contributed by atoms with E-state index in [0.29, 0.717) is 12.0 Å². The topological polar surface area (TPSA) is 98.0 Å². The molecule has 0 aliphatic heterocycles. The molecule has 0 amide bonds. The maximum Gasteiger partial charge on any atom is 0.339 e. The average molecular weight is 423 g/mol. The van der Waals surface area contributed by atoms with Crippen molar-refractivity contribution in [2.45, 2.75) is 116 Å². The molecule has 0 saturated heterocycles. The molecule has 172 valence electrons. The van der Waals surface area contributed by atoms with E-state index in [0.717, 1.165) is 19.3 Å². The Morgan fingerprint density at radius 2 is 1.03 bits per heavy atom. The number of hydrogen-bond acceptors (Lipinski definition) is 4. The Labute approximate surface area is 182 Å². The minimum Gasteiger partial charge on any atom is -0.504 e. The highest BCUT2D eigenvalue weighted by Crippen LogP contribution is 2.40. The number of phenols is 3. The van der Waals surface area contributed by atoms with Gasteiger partial charge < -0.3 is 20.4 Å². The van der Waals surface area contributed by atoms with Gasteiger partial charge in [0.05, 0.1) is 0 Å². The zero-order valence-corrected chi connectivity index (χ0v) is 18.8. The number of aromatic hydroxyl groups is 3. The van der Waals surface area contributed by atoms with Crippen LogP contribution in [0, 0.1) is 0 Å². The Balaban J connectivity index is 2.02. The summed E-state index contributed by atoms with van der Waals surface area (Å²) in [5.41, 5.74) is -0.00939. The fraction of sp³-hybridized carbons (Fsp3) is 0.720. The Morgan fingerprint density at radius 3 is 1.43 bits per heavy atom. The molecule has 1 aromatic rings. The standard InChI is InChI=1S/C25H42O5/c1-2-3-4-5-6-7-8-9-10-11-12-13-14-15-16-17-18-20-19-21(25(29)30)23(27)24(28)22(20)26/h19,26-28H,2-18H2,1H3,(H,29,30). The van der Waals surface area contributed by atoms with Gasteiger partial charge in [0.15, 0.2) is 11.5 Å². The van der Waals surface area contributed by atoms with Crippen LogP contribution in [0.4, 0.5) is 0 Å². The third-order valence-corrected chi connectivity index (χ3v) is 5.86. The zero-order chi connectivity index (χ0) is 22.2. The number of phenolic OH excluding ortho intramolecular Hbond substituents is 2. The lowest BCUT2D eigenvalue weighted by Gasteiger charge is -2.10. The van der Waals surface area contributed by atoms with Gasteiger partial charge in [-0.1, -0.05) is 103 Å². The van der Waals surface area contributed by atoms with Crippen molar-refractivity contribution < 1.29 is 25.2 Å². The van der Waals surface area contributed by atoms with Crippen LogP contribution >= 0.6 is 0 Å². The second-order valence-corrected chi connectivity index (χ2v) is 8.49. The molecule has 0 bridgehead atoms. The summed E-state index contributed by atoms with van der Waals surface area (Å²) in [5.74, 6) is -3.27. The zero-order valence-electron chi connectivity index (χ0n) is 18.8. The number of benzene rings is 1. The summed E-state index contributed by atoms with van der Waals surface area (Å²) in [4.78, 5) is 11.1. The minimum absolute atomic E-state index is 0.369. The average Bonchev–Trinajstić information content (AvgIpc) is 2.73. The van der Waals surface area contributed by atoms with Gasteiger partial charge in [0, 0.05) is 0 Å². The molecular weight excluding hydrogens is 380 g/mol. The van der Waals surface area contributed by atoms with Crippen LogP contribution in [0.2, 0.25) is 0 Å².